The summed E-state index contributed by atoms with van der Waals surface area (Å²) in [4.78, 5) is 10.2. The third kappa shape index (κ3) is 2.36. The lowest BCUT2D eigenvalue weighted by molar-refractivity contribution is -0.120. The number of methoxy groups -OCH3 is 1. The summed E-state index contributed by atoms with van der Waals surface area (Å²) in [6, 6.07) is 5.39. The van der Waals surface area contributed by atoms with E-state index in [0.717, 1.165) is 5.56 Å². The monoisotopic (exact) mass is 192 g/mol. The molecule has 1 aromatic carbocycles. The fraction of sp³-hybridized carbons (Fsp3) is 0.182. The van der Waals surface area contributed by atoms with Crippen LogP contribution in [0.15, 0.2) is 24.3 Å². The molecule has 0 aromatic heterocycles. The second-order valence-electron chi connectivity index (χ2n) is 2.62. The van der Waals surface area contributed by atoms with Gasteiger partial charge in [0.05, 0.1) is 7.11 Å². The Hall–Kier alpha value is -1.77. The standard InChI is InChI=1S/C11H12O3/c1-3-4-9-5-6-10(13-2)11(7-9)14-8-12/h3-8H,1-2H3. The fourth-order valence-electron chi connectivity index (χ4n) is 1.13. The highest BCUT2D eigenvalue weighted by Gasteiger charge is 2.03. The smallest absolute Gasteiger partial charge is 0.298 e. The van der Waals surface area contributed by atoms with E-state index in [2.05, 4.69) is 0 Å². The number of hydrogen-bond donors (Lipinski definition) is 0. The Bertz CT molecular complexity index is 342. The van der Waals surface area contributed by atoms with Crippen LogP contribution in [0.2, 0.25) is 0 Å². The Morgan fingerprint density at radius 3 is 2.64 bits per heavy atom. The molecule has 0 atom stereocenters. The van der Waals surface area contributed by atoms with Crippen molar-refractivity contribution in [2.75, 3.05) is 7.11 Å². The summed E-state index contributed by atoms with van der Waals surface area (Å²) in [7, 11) is 1.53. The van der Waals surface area contributed by atoms with Crippen LogP contribution in [0.1, 0.15) is 12.5 Å². The van der Waals surface area contributed by atoms with Crippen LogP contribution < -0.4 is 9.47 Å². The van der Waals surface area contributed by atoms with Gasteiger partial charge in [-0.05, 0) is 24.6 Å². The zero-order valence-electron chi connectivity index (χ0n) is 8.19. The van der Waals surface area contributed by atoms with Gasteiger partial charge in [0.15, 0.2) is 11.5 Å². The van der Waals surface area contributed by atoms with Crippen molar-refractivity contribution in [1.82, 2.24) is 0 Å². The quantitative estimate of drug-likeness (QED) is 0.686. The van der Waals surface area contributed by atoms with E-state index in [9.17, 15) is 4.79 Å². The van der Waals surface area contributed by atoms with Crippen molar-refractivity contribution < 1.29 is 14.3 Å². The molecule has 1 aromatic rings. The molecule has 3 nitrogen and oxygen atoms in total. The molecular weight excluding hydrogens is 180 g/mol. The summed E-state index contributed by atoms with van der Waals surface area (Å²) in [6.45, 7) is 2.31. The topological polar surface area (TPSA) is 35.5 Å². The highest BCUT2D eigenvalue weighted by molar-refractivity contribution is 5.58. The second kappa shape index (κ2) is 5.07. The molecule has 0 heterocycles. The van der Waals surface area contributed by atoms with Crippen molar-refractivity contribution in [3.05, 3.63) is 29.8 Å². The van der Waals surface area contributed by atoms with Crippen molar-refractivity contribution in [2.24, 2.45) is 0 Å². The van der Waals surface area contributed by atoms with Crippen LogP contribution in [0.25, 0.3) is 6.08 Å². The first kappa shape index (κ1) is 10.3. The Morgan fingerprint density at radius 2 is 2.07 bits per heavy atom. The molecule has 0 aliphatic carbocycles. The van der Waals surface area contributed by atoms with Gasteiger partial charge in [0, 0.05) is 0 Å². The SMILES string of the molecule is CC=Cc1ccc(OC)c(OC=O)c1. The van der Waals surface area contributed by atoms with Crippen molar-refractivity contribution in [1.29, 1.82) is 0 Å². The Labute approximate surface area is 83.0 Å². The first-order valence-corrected chi connectivity index (χ1v) is 4.23. The molecule has 0 aliphatic heterocycles. The predicted molar refractivity (Wildman–Crippen MR) is 54.4 cm³/mol. The van der Waals surface area contributed by atoms with E-state index in [4.69, 9.17) is 9.47 Å². The van der Waals surface area contributed by atoms with Gasteiger partial charge in [-0.15, -0.1) is 0 Å². The van der Waals surface area contributed by atoms with Crippen LogP contribution in [-0.2, 0) is 4.79 Å². The van der Waals surface area contributed by atoms with Gasteiger partial charge >= 0.3 is 0 Å². The largest absolute Gasteiger partial charge is 0.493 e. The van der Waals surface area contributed by atoms with Crippen LogP contribution in [0.4, 0.5) is 0 Å². The van der Waals surface area contributed by atoms with Crippen molar-refractivity contribution in [3.8, 4) is 11.5 Å². The van der Waals surface area contributed by atoms with E-state index < -0.39 is 0 Å². The van der Waals surface area contributed by atoms with Crippen molar-refractivity contribution in [2.45, 2.75) is 6.92 Å². The molecule has 0 radical (unpaired) electrons. The Morgan fingerprint density at radius 1 is 1.29 bits per heavy atom. The number of carbonyl (C=O) groups excluding carboxylic acids is 1. The maximum Gasteiger partial charge on any atom is 0.298 e. The highest BCUT2D eigenvalue weighted by atomic mass is 16.5. The van der Waals surface area contributed by atoms with E-state index in [1.54, 1.807) is 12.1 Å². The zero-order valence-corrected chi connectivity index (χ0v) is 8.19. The third-order valence-electron chi connectivity index (χ3n) is 1.72. The average Bonchev–Trinajstić information content (AvgIpc) is 2.19. The molecule has 0 saturated carbocycles. The van der Waals surface area contributed by atoms with E-state index in [0.29, 0.717) is 18.0 Å². The number of rotatable bonds is 4. The first-order chi connectivity index (χ1) is 6.81. The van der Waals surface area contributed by atoms with Crippen LogP contribution >= 0.6 is 0 Å². The van der Waals surface area contributed by atoms with Gasteiger partial charge < -0.3 is 9.47 Å². The van der Waals surface area contributed by atoms with Gasteiger partial charge in [0.25, 0.3) is 6.47 Å². The van der Waals surface area contributed by atoms with Gasteiger partial charge in [0.1, 0.15) is 0 Å². The molecule has 0 spiro atoms. The lowest BCUT2D eigenvalue weighted by Gasteiger charge is -2.06. The minimum absolute atomic E-state index is 0.386. The highest BCUT2D eigenvalue weighted by Crippen LogP contribution is 2.27. The maximum absolute atomic E-state index is 10.2. The zero-order chi connectivity index (χ0) is 10.4. The lowest BCUT2D eigenvalue weighted by Crippen LogP contribution is -1.93. The van der Waals surface area contributed by atoms with E-state index >= 15 is 0 Å². The Kier molecular flexibility index (Phi) is 3.73. The van der Waals surface area contributed by atoms with Gasteiger partial charge in [-0.3, -0.25) is 4.79 Å². The normalized spacial score (nSPS) is 10.1. The van der Waals surface area contributed by atoms with E-state index in [1.807, 2.05) is 25.1 Å². The van der Waals surface area contributed by atoms with Gasteiger partial charge in [-0.25, -0.2) is 0 Å². The number of hydrogen-bond acceptors (Lipinski definition) is 3. The van der Waals surface area contributed by atoms with Crippen LogP contribution in [0.3, 0.4) is 0 Å². The number of ether oxygens (including phenoxy) is 2. The van der Waals surface area contributed by atoms with Crippen LogP contribution in [0, 0.1) is 0 Å². The van der Waals surface area contributed by atoms with Gasteiger partial charge in [-0.1, -0.05) is 18.2 Å². The molecule has 3 heteroatoms. The number of carbonyl (C=O) groups is 1. The Balaban J connectivity index is 3.06. The molecule has 0 unspecified atom stereocenters. The molecule has 14 heavy (non-hydrogen) atoms. The first-order valence-electron chi connectivity index (χ1n) is 4.23. The molecule has 74 valence electrons. The average molecular weight is 192 g/mol. The summed E-state index contributed by atoms with van der Waals surface area (Å²) in [5.74, 6) is 0.975. The van der Waals surface area contributed by atoms with Crippen molar-refractivity contribution in [3.63, 3.8) is 0 Å². The van der Waals surface area contributed by atoms with E-state index in [-0.39, 0.29) is 0 Å². The predicted octanol–water partition coefficient (Wildman–Crippen LogP) is 2.26. The summed E-state index contributed by atoms with van der Waals surface area (Å²) < 4.78 is 9.80. The fourth-order valence-corrected chi connectivity index (χ4v) is 1.13. The number of allylic oxidation sites excluding steroid dienone is 1. The maximum atomic E-state index is 10.2. The molecule has 0 amide bonds. The molecular formula is C11H12O3. The molecule has 1 rings (SSSR count). The minimum atomic E-state index is 0.386. The van der Waals surface area contributed by atoms with Crippen LogP contribution in [0.5, 0.6) is 11.5 Å². The molecule has 0 saturated heterocycles. The van der Waals surface area contributed by atoms with E-state index in [1.165, 1.54) is 7.11 Å². The number of benzene rings is 1. The minimum Gasteiger partial charge on any atom is -0.493 e. The summed E-state index contributed by atoms with van der Waals surface area (Å²) in [6.07, 6.45) is 3.82. The molecule has 0 fully saturated rings. The van der Waals surface area contributed by atoms with Gasteiger partial charge in [0.2, 0.25) is 0 Å². The van der Waals surface area contributed by atoms with Crippen molar-refractivity contribution >= 4 is 12.5 Å². The summed E-state index contributed by atoms with van der Waals surface area (Å²) in [5.41, 5.74) is 0.963. The lowest BCUT2D eigenvalue weighted by atomic mass is 10.2. The summed E-state index contributed by atoms with van der Waals surface area (Å²) >= 11 is 0. The van der Waals surface area contributed by atoms with Gasteiger partial charge in [-0.2, -0.15) is 0 Å². The molecule has 0 N–H and O–H groups in total. The molecule has 0 bridgehead atoms. The third-order valence-corrected chi connectivity index (χ3v) is 1.72. The molecule has 0 aliphatic rings. The second-order valence-corrected chi connectivity index (χ2v) is 2.62. The summed E-state index contributed by atoms with van der Waals surface area (Å²) in [5, 5.41) is 0. The van der Waals surface area contributed by atoms with Crippen LogP contribution in [-0.4, -0.2) is 13.6 Å².